The monoisotopic (exact) mass is 206 g/mol. The fourth-order valence-electron chi connectivity index (χ4n) is 1.91. The third kappa shape index (κ3) is 2.10. The fourth-order valence-corrected chi connectivity index (χ4v) is 1.91. The molecule has 1 aliphatic rings. The molecule has 1 amide bonds. The summed E-state index contributed by atoms with van der Waals surface area (Å²) < 4.78 is 0. The molecule has 1 heterocycles. The van der Waals surface area contributed by atoms with Crippen LogP contribution in [0.15, 0.2) is 30.3 Å². The zero-order valence-electron chi connectivity index (χ0n) is 8.39. The van der Waals surface area contributed by atoms with Gasteiger partial charge in [0, 0.05) is 19.6 Å². The molecule has 80 valence electrons. The normalized spacial score (nSPS) is 21.3. The number of rotatable bonds is 1. The Bertz CT molecular complexity index is 340. The van der Waals surface area contributed by atoms with Gasteiger partial charge in [0.2, 0.25) is 0 Å². The average Bonchev–Trinajstić information content (AvgIpc) is 2.30. The molecular formula is C11H14N2O2. The summed E-state index contributed by atoms with van der Waals surface area (Å²) >= 11 is 0. The molecule has 1 fully saturated rings. The van der Waals surface area contributed by atoms with Crippen LogP contribution in [0.5, 0.6) is 0 Å². The lowest BCUT2D eigenvalue weighted by atomic mass is 10.0. The van der Waals surface area contributed by atoms with E-state index in [9.17, 15) is 4.79 Å². The van der Waals surface area contributed by atoms with Gasteiger partial charge in [-0.3, -0.25) is 4.90 Å². The third-order valence-electron chi connectivity index (χ3n) is 2.67. The molecular weight excluding hydrogens is 192 g/mol. The summed E-state index contributed by atoms with van der Waals surface area (Å²) in [6.07, 6.45) is -0.842. The van der Waals surface area contributed by atoms with E-state index in [2.05, 4.69) is 5.32 Å². The number of hydrogen-bond donors (Lipinski definition) is 2. The zero-order chi connectivity index (χ0) is 10.7. The minimum absolute atomic E-state index is 0.0579. The Labute approximate surface area is 88.5 Å². The van der Waals surface area contributed by atoms with Crippen molar-refractivity contribution in [2.24, 2.45) is 0 Å². The number of carboxylic acid groups (broad SMARTS) is 1. The van der Waals surface area contributed by atoms with Gasteiger partial charge in [0.25, 0.3) is 0 Å². The van der Waals surface area contributed by atoms with Crippen LogP contribution in [0, 0.1) is 0 Å². The van der Waals surface area contributed by atoms with Crippen molar-refractivity contribution in [3.8, 4) is 0 Å². The van der Waals surface area contributed by atoms with Crippen LogP contribution in [-0.4, -0.2) is 35.7 Å². The van der Waals surface area contributed by atoms with Gasteiger partial charge < -0.3 is 10.4 Å². The Morgan fingerprint density at radius 2 is 2.13 bits per heavy atom. The molecule has 0 aromatic heterocycles. The van der Waals surface area contributed by atoms with E-state index in [0.29, 0.717) is 13.1 Å². The van der Waals surface area contributed by atoms with Gasteiger partial charge in [-0.05, 0) is 5.56 Å². The Kier molecular flexibility index (Phi) is 2.87. The first-order valence-corrected chi connectivity index (χ1v) is 5.04. The number of carbonyl (C=O) groups is 1. The number of nitrogens with one attached hydrogen (secondary N) is 1. The minimum atomic E-state index is -0.842. The zero-order valence-corrected chi connectivity index (χ0v) is 8.39. The summed E-state index contributed by atoms with van der Waals surface area (Å²) in [6.45, 7) is 1.97. The Morgan fingerprint density at radius 1 is 1.40 bits per heavy atom. The predicted molar refractivity (Wildman–Crippen MR) is 56.8 cm³/mol. The van der Waals surface area contributed by atoms with Gasteiger partial charge >= 0.3 is 6.09 Å². The lowest BCUT2D eigenvalue weighted by Gasteiger charge is -2.34. The first kappa shape index (κ1) is 9.98. The number of piperazine rings is 1. The van der Waals surface area contributed by atoms with Crippen LogP contribution < -0.4 is 5.32 Å². The summed E-state index contributed by atoms with van der Waals surface area (Å²) in [7, 11) is 0. The molecule has 0 aliphatic carbocycles. The molecule has 4 nitrogen and oxygen atoms in total. The van der Waals surface area contributed by atoms with Crippen molar-refractivity contribution in [2.45, 2.75) is 6.04 Å². The molecule has 1 aliphatic heterocycles. The highest BCUT2D eigenvalue weighted by Gasteiger charge is 2.26. The molecule has 15 heavy (non-hydrogen) atoms. The van der Waals surface area contributed by atoms with Gasteiger partial charge in [0.05, 0.1) is 6.04 Å². The maximum Gasteiger partial charge on any atom is 0.407 e. The standard InChI is InChI=1S/C11H14N2O2/c14-11(15)13-7-6-12-8-10(13)9-4-2-1-3-5-9/h1-5,10,12H,6-8H2,(H,14,15). The van der Waals surface area contributed by atoms with Gasteiger partial charge in [-0.15, -0.1) is 0 Å². The van der Waals surface area contributed by atoms with Crippen molar-refractivity contribution in [2.75, 3.05) is 19.6 Å². The maximum atomic E-state index is 11.0. The van der Waals surface area contributed by atoms with Crippen molar-refractivity contribution in [3.05, 3.63) is 35.9 Å². The lowest BCUT2D eigenvalue weighted by molar-refractivity contribution is 0.112. The summed E-state index contributed by atoms with van der Waals surface area (Å²) in [5, 5.41) is 12.3. The number of benzene rings is 1. The van der Waals surface area contributed by atoms with E-state index in [1.165, 1.54) is 4.90 Å². The highest BCUT2D eigenvalue weighted by molar-refractivity contribution is 5.66. The summed E-state index contributed by atoms with van der Waals surface area (Å²) in [4.78, 5) is 12.5. The molecule has 0 radical (unpaired) electrons. The third-order valence-corrected chi connectivity index (χ3v) is 2.67. The molecule has 0 spiro atoms. The topological polar surface area (TPSA) is 52.6 Å². The fraction of sp³-hybridized carbons (Fsp3) is 0.364. The highest BCUT2D eigenvalue weighted by atomic mass is 16.4. The summed E-state index contributed by atoms with van der Waals surface area (Å²) in [5.41, 5.74) is 1.05. The largest absolute Gasteiger partial charge is 0.465 e. The molecule has 2 rings (SSSR count). The van der Waals surface area contributed by atoms with Crippen LogP contribution in [0.4, 0.5) is 4.79 Å². The second-order valence-electron chi connectivity index (χ2n) is 3.61. The number of hydrogen-bond acceptors (Lipinski definition) is 2. The predicted octanol–water partition coefficient (Wildman–Crippen LogP) is 1.31. The second-order valence-corrected chi connectivity index (χ2v) is 3.61. The molecule has 0 saturated carbocycles. The maximum absolute atomic E-state index is 11.0. The van der Waals surface area contributed by atoms with Gasteiger partial charge in [0.1, 0.15) is 0 Å². The Hall–Kier alpha value is -1.55. The molecule has 1 aromatic carbocycles. The highest BCUT2D eigenvalue weighted by Crippen LogP contribution is 2.21. The number of amides is 1. The van der Waals surface area contributed by atoms with E-state index in [1.54, 1.807) is 0 Å². The molecule has 1 saturated heterocycles. The van der Waals surface area contributed by atoms with E-state index in [0.717, 1.165) is 12.1 Å². The van der Waals surface area contributed by atoms with Crippen LogP contribution in [-0.2, 0) is 0 Å². The van der Waals surface area contributed by atoms with E-state index < -0.39 is 6.09 Å². The van der Waals surface area contributed by atoms with E-state index in [1.807, 2.05) is 30.3 Å². The molecule has 1 aromatic rings. The SMILES string of the molecule is O=C(O)N1CCNCC1c1ccccc1. The first-order chi connectivity index (χ1) is 7.29. The van der Waals surface area contributed by atoms with Gasteiger partial charge in [-0.25, -0.2) is 4.79 Å². The quantitative estimate of drug-likeness (QED) is 0.728. The smallest absolute Gasteiger partial charge is 0.407 e. The molecule has 4 heteroatoms. The Balaban J connectivity index is 2.22. The van der Waals surface area contributed by atoms with Gasteiger partial charge in [0.15, 0.2) is 0 Å². The minimum Gasteiger partial charge on any atom is -0.465 e. The average molecular weight is 206 g/mol. The van der Waals surface area contributed by atoms with Crippen molar-refractivity contribution in [1.29, 1.82) is 0 Å². The van der Waals surface area contributed by atoms with E-state index in [4.69, 9.17) is 5.11 Å². The van der Waals surface area contributed by atoms with Crippen LogP contribution >= 0.6 is 0 Å². The van der Waals surface area contributed by atoms with Crippen molar-refractivity contribution < 1.29 is 9.90 Å². The van der Waals surface area contributed by atoms with Crippen molar-refractivity contribution in [1.82, 2.24) is 10.2 Å². The first-order valence-electron chi connectivity index (χ1n) is 5.04. The van der Waals surface area contributed by atoms with Crippen LogP contribution in [0.2, 0.25) is 0 Å². The molecule has 1 unspecified atom stereocenters. The summed E-state index contributed by atoms with van der Waals surface area (Å²) in [5.74, 6) is 0. The van der Waals surface area contributed by atoms with Crippen molar-refractivity contribution >= 4 is 6.09 Å². The van der Waals surface area contributed by atoms with Crippen molar-refractivity contribution in [3.63, 3.8) is 0 Å². The van der Waals surface area contributed by atoms with Crippen LogP contribution in [0.25, 0.3) is 0 Å². The van der Waals surface area contributed by atoms with E-state index in [-0.39, 0.29) is 6.04 Å². The second kappa shape index (κ2) is 4.31. The number of nitrogens with zero attached hydrogens (tertiary/aromatic N) is 1. The van der Waals surface area contributed by atoms with Gasteiger partial charge in [-0.1, -0.05) is 30.3 Å². The molecule has 0 bridgehead atoms. The van der Waals surface area contributed by atoms with Crippen LogP contribution in [0.1, 0.15) is 11.6 Å². The van der Waals surface area contributed by atoms with E-state index >= 15 is 0 Å². The lowest BCUT2D eigenvalue weighted by Crippen LogP contribution is -2.48. The van der Waals surface area contributed by atoms with Gasteiger partial charge in [-0.2, -0.15) is 0 Å². The van der Waals surface area contributed by atoms with Crippen LogP contribution in [0.3, 0.4) is 0 Å². The molecule has 1 atom stereocenters. The Morgan fingerprint density at radius 3 is 2.80 bits per heavy atom. The summed E-state index contributed by atoms with van der Waals surface area (Å²) in [6, 6.07) is 9.68. The molecule has 2 N–H and O–H groups in total.